The lowest BCUT2D eigenvalue weighted by Crippen LogP contribution is -2.42. The number of nitro benzene ring substituents is 1. The Hall–Kier alpha value is -3.34. The first-order valence-electron chi connectivity index (χ1n) is 10.8. The van der Waals surface area contributed by atoms with Crippen LogP contribution in [-0.4, -0.2) is 33.5 Å². The molecular weight excluding hydrogens is 452 g/mol. The number of nitrogens with zero attached hydrogens (tertiary/aromatic N) is 3. The predicted molar refractivity (Wildman–Crippen MR) is 129 cm³/mol. The van der Waals surface area contributed by atoms with E-state index < -0.39 is 22.1 Å². The van der Waals surface area contributed by atoms with E-state index in [4.69, 9.17) is 17.3 Å². The van der Waals surface area contributed by atoms with E-state index in [1.165, 1.54) is 21.6 Å². The Morgan fingerprint density at radius 2 is 1.94 bits per heavy atom. The van der Waals surface area contributed by atoms with E-state index in [0.717, 1.165) is 25.3 Å². The average Bonchev–Trinajstić information content (AvgIpc) is 2.74. The van der Waals surface area contributed by atoms with Gasteiger partial charge in [0, 0.05) is 24.2 Å². The summed E-state index contributed by atoms with van der Waals surface area (Å²) in [5, 5.41) is 14.0. The third kappa shape index (κ3) is 6.82. The van der Waals surface area contributed by atoms with E-state index in [0.29, 0.717) is 25.9 Å². The van der Waals surface area contributed by atoms with Crippen molar-refractivity contribution in [3.05, 3.63) is 54.2 Å². The smallest absolute Gasteiger partial charge is 0.330 e. The Labute approximate surface area is 195 Å². The van der Waals surface area contributed by atoms with Gasteiger partial charge >= 0.3 is 5.69 Å². The van der Waals surface area contributed by atoms with E-state index in [-0.39, 0.29) is 34.4 Å². The van der Waals surface area contributed by atoms with Crippen LogP contribution in [-0.2, 0) is 11.3 Å². The Balaban J connectivity index is 2.38. The van der Waals surface area contributed by atoms with Gasteiger partial charge in [0.1, 0.15) is 17.2 Å². The van der Waals surface area contributed by atoms with Gasteiger partial charge in [0.15, 0.2) is 0 Å². The number of amides is 1. The van der Waals surface area contributed by atoms with Crippen molar-refractivity contribution in [1.82, 2.24) is 9.55 Å². The van der Waals surface area contributed by atoms with E-state index in [1.807, 2.05) is 13.8 Å². The summed E-state index contributed by atoms with van der Waals surface area (Å²) in [6, 6.07) is 3.91. The van der Waals surface area contributed by atoms with E-state index in [2.05, 4.69) is 10.3 Å². The lowest BCUT2D eigenvalue weighted by Gasteiger charge is -2.25. The third-order valence-electron chi connectivity index (χ3n) is 5.06. The molecule has 2 rings (SSSR count). The largest absolute Gasteiger partial charge is 0.383 e. The molecule has 33 heavy (non-hydrogen) atoms. The van der Waals surface area contributed by atoms with Crippen LogP contribution >= 0.6 is 11.6 Å². The molecule has 1 heterocycles. The Morgan fingerprint density at radius 1 is 1.24 bits per heavy atom. The van der Waals surface area contributed by atoms with Crippen molar-refractivity contribution in [2.45, 2.75) is 52.5 Å². The highest BCUT2D eigenvalue weighted by Crippen LogP contribution is 2.28. The molecule has 0 radical (unpaired) electrons. The zero-order valence-corrected chi connectivity index (χ0v) is 19.5. The molecule has 0 saturated carbocycles. The van der Waals surface area contributed by atoms with Crippen LogP contribution in [0.5, 0.6) is 0 Å². The van der Waals surface area contributed by atoms with Crippen molar-refractivity contribution in [2.24, 2.45) is 0 Å². The van der Waals surface area contributed by atoms with Crippen LogP contribution in [0.1, 0.15) is 46.0 Å². The fourth-order valence-electron chi connectivity index (χ4n) is 3.37. The zero-order chi connectivity index (χ0) is 24.5. The molecule has 180 valence electrons. The van der Waals surface area contributed by atoms with Crippen LogP contribution in [0.4, 0.5) is 22.9 Å². The second-order valence-electron chi connectivity index (χ2n) is 7.59. The Morgan fingerprint density at radius 3 is 2.58 bits per heavy atom. The van der Waals surface area contributed by atoms with Gasteiger partial charge in [-0.25, -0.2) is 4.79 Å². The zero-order valence-electron chi connectivity index (χ0n) is 18.7. The van der Waals surface area contributed by atoms with Crippen LogP contribution in [0.15, 0.2) is 27.8 Å². The molecule has 0 fully saturated rings. The molecule has 0 aliphatic rings. The summed E-state index contributed by atoms with van der Waals surface area (Å²) in [6.07, 6.45) is 3.96. The number of H-pyrrole nitrogens is 1. The molecule has 1 aromatic carbocycles. The first kappa shape index (κ1) is 25.9. The van der Waals surface area contributed by atoms with Gasteiger partial charge in [-0.05, 0) is 25.0 Å². The van der Waals surface area contributed by atoms with E-state index >= 15 is 0 Å². The predicted octanol–water partition coefficient (Wildman–Crippen LogP) is 3.12. The minimum atomic E-state index is -0.688. The second-order valence-corrected chi connectivity index (χ2v) is 8.03. The van der Waals surface area contributed by atoms with Gasteiger partial charge in [0.25, 0.3) is 11.2 Å². The lowest BCUT2D eigenvalue weighted by molar-refractivity contribution is -0.383. The van der Waals surface area contributed by atoms with Crippen LogP contribution in [0.25, 0.3) is 0 Å². The standard InChI is InChI=1S/C21H29ClN6O5/c1-3-5-7-10-26(18-19(23)27(11-6-4-2)21(31)25-20(18)30)13-17(29)24-15-9-8-14(22)12-16(15)28(32)33/h8-9,12H,3-7,10-11,13,23H2,1-2H3,(H,24,29)(H,25,30,31). The number of anilines is 3. The number of carbonyl (C=O) groups is 1. The van der Waals surface area contributed by atoms with Crippen LogP contribution in [0.2, 0.25) is 5.02 Å². The van der Waals surface area contributed by atoms with Gasteiger partial charge in [-0.15, -0.1) is 0 Å². The van der Waals surface area contributed by atoms with Gasteiger partial charge in [-0.1, -0.05) is 44.7 Å². The molecule has 2 aromatic rings. The molecular formula is C21H29ClN6O5. The normalized spacial score (nSPS) is 10.8. The average molecular weight is 481 g/mol. The number of hydrogen-bond acceptors (Lipinski definition) is 7. The van der Waals surface area contributed by atoms with E-state index in [1.54, 1.807) is 0 Å². The number of nitrogens with two attached hydrogens (primary N) is 1. The molecule has 0 aliphatic carbocycles. The summed E-state index contributed by atoms with van der Waals surface area (Å²) < 4.78 is 1.29. The van der Waals surface area contributed by atoms with Crippen molar-refractivity contribution in [3.8, 4) is 0 Å². The maximum Gasteiger partial charge on any atom is 0.330 e. The number of aromatic amines is 1. The highest BCUT2D eigenvalue weighted by atomic mass is 35.5. The molecule has 1 aromatic heterocycles. The molecule has 1 amide bonds. The molecule has 0 saturated heterocycles. The first-order chi connectivity index (χ1) is 15.7. The fraction of sp³-hybridized carbons (Fsp3) is 0.476. The second kappa shape index (κ2) is 12.0. The summed E-state index contributed by atoms with van der Waals surface area (Å²) in [7, 11) is 0. The number of benzene rings is 1. The quantitative estimate of drug-likeness (QED) is 0.239. The summed E-state index contributed by atoms with van der Waals surface area (Å²) >= 11 is 5.83. The molecule has 0 unspecified atom stereocenters. The number of halogens is 1. The van der Waals surface area contributed by atoms with Crippen LogP contribution in [0.3, 0.4) is 0 Å². The number of hydrogen-bond donors (Lipinski definition) is 3. The minimum Gasteiger partial charge on any atom is -0.383 e. The van der Waals surface area contributed by atoms with Gasteiger partial charge in [-0.2, -0.15) is 0 Å². The number of nitrogens with one attached hydrogen (secondary N) is 2. The Bertz CT molecular complexity index is 1110. The third-order valence-corrected chi connectivity index (χ3v) is 5.30. The van der Waals surface area contributed by atoms with Gasteiger partial charge in [0.2, 0.25) is 5.91 Å². The highest BCUT2D eigenvalue weighted by molar-refractivity contribution is 6.31. The summed E-state index contributed by atoms with van der Waals surface area (Å²) in [4.78, 5) is 52.2. The van der Waals surface area contributed by atoms with Gasteiger partial charge < -0.3 is 16.0 Å². The maximum atomic E-state index is 12.8. The van der Waals surface area contributed by atoms with Crippen LogP contribution in [0, 0.1) is 10.1 Å². The number of nitrogen functional groups attached to an aromatic ring is 1. The number of unbranched alkanes of at least 4 members (excludes halogenated alkanes) is 3. The summed E-state index contributed by atoms with van der Waals surface area (Å²) in [5.41, 5.74) is 4.58. The lowest BCUT2D eigenvalue weighted by atomic mass is 10.2. The summed E-state index contributed by atoms with van der Waals surface area (Å²) in [6.45, 7) is 4.36. The SMILES string of the molecule is CCCCCN(CC(=O)Nc1ccc(Cl)cc1[N+](=O)[O-])c1c(N)n(CCCC)c(=O)[nH]c1=O. The van der Waals surface area contributed by atoms with Crippen LogP contribution < -0.4 is 27.2 Å². The number of rotatable bonds is 12. The summed E-state index contributed by atoms with van der Waals surface area (Å²) in [5.74, 6) is -0.596. The first-order valence-corrected chi connectivity index (χ1v) is 11.2. The van der Waals surface area contributed by atoms with Gasteiger partial charge in [0.05, 0.1) is 11.5 Å². The molecule has 0 aliphatic heterocycles. The number of carbonyl (C=O) groups excluding carboxylic acids is 1. The molecule has 0 bridgehead atoms. The van der Waals surface area contributed by atoms with Crippen molar-refractivity contribution in [1.29, 1.82) is 0 Å². The molecule has 0 spiro atoms. The molecule has 4 N–H and O–H groups in total. The Kier molecular flexibility index (Phi) is 9.46. The van der Waals surface area contributed by atoms with Gasteiger partial charge in [-0.3, -0.25) is 29.3 Å². The van der Waals surface area contributed by atoms with Crippen molar-refractivity contribution < 1.29 is 9.72 Å². The van der Waals surface area contributed by atoms with Crippen molar-refractivity contribution in [2.75, 3.05) is 29.0 Å². The van der Waals surface area contributed by atoms with Crippen molar-refractivity contribution in [3.63, 3.8) is 0 Å². The number of aromatic nitrogens is 2. The monoisotopic (exact) mass is 480 g/mol. The molecule has 0 atom stereocenters. The molecule has 12 heteroatoms. The molecule has 11 nitrogen and oxygen atoms in total. The van der Waals surface area contributed by atoms with Crippen molar-refractivity contribution >= 4 is 40.4 Å². The maximum absolute atomic E-state index is 12.8. The number of nitro groups is 1. The topological polar surface area (TPSA) is 156 Å². The highest BCUT2D eigenvalue weighted by Gasteiger charge is 2.23. The fourth-order valence-corrected chi connectivity index (χ4v) is 3.53. The minimum absolute atomic E-state index is 0.0148. The van der Waals surface area contributed by atoms with E-state index in [9.17, 15) is 24.5 Å².